The van der Waals surface area contributed by atoms with Crippen molar-refractivity contribution in [3.63, 3.8) is 0 Å². The van der Waals surface area contributed by atoms with E-state index in [1.54, 1.807) is 31.3 Å². The van der Waals surface area contributed by atoms with Gasteiger partial charge in [-0.1, -0.05) is 6.07 Å². The number of hydrogen-bond donors (Lipinski definition) is 1. The average Bonchev–Trinajstić information content (AvgIpc) is 2.18. The van der Waals surface area contributed by atoms with Crippen LogP contribution in [0.15, 0.2) is 24.3 Å². The Bertz CT molecular complexity index is 301. The van der Waals surface area contributed by atoms with E-state index >= 15 is 0 Å². The third kappa shape index (κ3) is 2.73. The number of alkyl halides is 1. The van der Waals surface area contributed by atoms with E-state index in [-0.39, 0.29) is 5.91 Å². The van der Waals surface area contributed by atoms with Crippen LogP contribution in [0.5, 0.6) is 5.75 Å². The first-order valence-electron chi connectivity index (χ1n) is 3.79. The molecule has 1 rings (SSSR count). The van der Waals surface area contributed by atoms with E-state index in [1.807, 2.05) is 0 Å². The second kappa shape index (κ2) is 4.87. The van der Waals surface area contributed by atoms with E-state index in [4.69, 9.17) is 4.74 Å². The highest BCUT2D eigenvalue weighted by molar-refractivity contribution is 9.09. The Balaban J connectivity index is 2.85. The molecule has 1 amide bonds. The maximum atomic E-state index is 11.2. The SMILES string of the molecule is CNC(=O)c1cccc(OCBr)c1. The first kappa shape index (κ1) is 10.1. The topological polar surface area (TPSA) is 38.3 Å². The molecule has 0 heterocycles. The highest BCUT2D eigenvalue weighted by Crippen LogP contribution is 2.13. The number of amides is 1. The fraction of sp³-hybridized carbons (Fsp3) is 0.222. The molecule has 13 heavy (non-hydrogen) atoms. The van der Waals surface area contributed by atoms with Gasteiger partial charge in [0.15, 0.2) is 0 Å². The molecule has 0 spiro atoms. The van der Waals surface area contributed by atoms with Crippen molar-refractivity contribution < 1.29 is 9.53 Å². The number of hydrogen-bond acceptors (Lipinski definition) is 2. The number of halogens is 1. The molecule has 0 unspecified atom stereocenters. The molecule has 0 saturated carbocycles. The van der Waals surface area contributed by atoms with Gasteiger partial charge in [-0.15, -0.1) is 0 Å². The van der Waals surface area contributed by atoms with Gasteiger partial charge in [0.2, 0.25) is 0 Å². The Morgan fingerprint density at radius 3 is 3.00 bits per heavy atom. The molecule has 1 aromatic carbocycles. The summed E-state index contributed by atoms with van der Waals surface area (Å²) < 4.78 is 5.18. The summed E-state index contributed by atoms with van der Waals surface area (Å²) in [7, 11) is 1.60. The van der Waals surface area contributed by atoms with Crippen LogP contribution in [-0.4, -0.2) is 18.5 Å². The second-order valence-electron chi connectivity index (χ2n) is 2.36. The predicted molar refractivity (Wildman–Crippen MR) is 54.3 cm³/mol. The molecule has 3 nitrogen and oxygen atoms in total. The van der Waals surface area contributed by atoms with Gasteiger partial charge < -0.3 is 10.1 Å². The zero-order valence-electron chi connectivity index (χ0n) is 7.21. The van der Waals surface area contributed by atoms with E-state index in [9.17, 15) is 4.79 Å². The van der Waals surface area contributed by atoms with Crippen LogP contribution < -0.4 is 10.1 Å². The fourth-order valence-corrected chi connectivity index (χ4v) is 1.20. The Morgan fingerprint density at radius 2 is 2.38 bits per heavy atom. The van der Waals surface area contributed by atoms with Crippen molar-refractivity contribution in [3.8, 4) is 5.75 Å². The monoisotopic (exact) mass is 243 g/mol. The lowest BCUT2D eigenvalue weighted by Crippen LogP contribution is -2.17. The van der Waals surface area contributed by atoms with Crippen LogP contribution in [0.2, 0.25) is 0 Å². The van der Waals surface area contributed by atoms with E-state index < -0.39 is 0 Å². The zero-order valence-corrected chi connectivity index (χ0v) is 8.80. The van der Waals surface area contributed by atoms with E-state index in [0.29, 0.717) is 16.8 Å². The first-order chi connectivity index (χ1) is 6.27. The maximum Gasteiger partial charge on any atom is 0.251 e. The Labute approximate surface area is 85.2 Å². The van der Waals surface area contributed by atoms with E-state index in [2.05, 4.69) is 21.2 Å². The number of nitrogens with one attached hydrogen (secondary N) is 1. The van der Waals surface area contributed by atoms with Crippen LogP contribution in [0.1, 0.15) is 10.4 Å². The molecule has 0 atom stereocenters. The molecular weight excluding hydrogens is 234 g/mol. The molecular formula is C9H10BrNO2. The van der Waals surface area contributed by atoms with Gasteiger partial charge in [-0.3, -0.25) is 4.79 Å². The van der Waals surface area contributed by atoms with Crippen molar-refractivity contribution in [2.75, 3.05) is 12.6 Å². The highest BCUT2D eigenvalue weighted by atomic mass is 79.9. The summed E-state index contributed by atoms with van der Waals surface area (Å²) in [5.74, 6) is 0.568. The average molecular weight is 244 g/mol. The summed E-state index contributed by atoms with van der Waals surface area (Å²) in [5, 5.41) is 2.54. The molecule has 1 N–H and O–H groups in total. The van der Waals surface area contributed by atoms with Crippen LogP contribution in [0.25, 0.3) is 0 Å². The van der Waals surface area contributed by atoms with Crippen molar-refractivity contribution >= 4 is 21.8 Å². The van der Waals surface area contributed by atoms with Gasteiger partial charge in [0.25, 0.3) is 5.91 Å². The molecule has 0 saturated heterocycles. The molecule has 0 aliphatic heterocycles. The Kier molecular flexibility index (Phi) is 3.76. The Hall–Kier alpha value is -1.03. The molecule has 4 heteroatoms. The lowest BCUT2D eigenvalue weighted by Gasteiger charge is -2.03. The van der Waals surface area contributed by atoms with Gasteiger partial charge in [0.05, 0.1) is 0 Å². The minimum absolute atomic E-state index is 0.111. The van der Waals surface area contributed by atoms with Gasteiger partial charge in [-0.25, -0.2) is 0 Å². The van der Waals surface area contributed by atoms with Crippen molar-refractivity contribution in [1.29, 1.82) is 0 Å². The third-order valence-electron chi connectivity index (χ3n) is 1.54. The molecule has 0 aliphatic carbocycles. The van der Waals surface area contributed by atoms with Gasteiger partial charge in [-0.2, -0.15) is 0 Å². The Morgan fingerprint density at radius 1 is 1.62 bits per heavy atom. The third-order valence-corrected chi connectivity index (χ3v) is 1.77. The van der Waals surface area contributed by atoms with Crippen LogP contribution >= 0.6 is 15.9 Å². The van der Waals surface area contributed by atoms with Crippen molar-refractivity contribution in [2.45, 2.75) is 0 Å². The first-order valence-corrected chi connectivity index (χ1v) is 4.91. The number of carbonyl (C=O) groups excluding carboxylic acids is 1. The largest absolute Gasteiger partial charge is 0.482 e. The second-order valence-corrected chi connectivity index (χ2v) is 2.82. The molecule has 0 aliphatic rings. The minimum Gasteiger partial charge on any atom is -0.482 e. The van der Waals surface area contributed by atoms with Gasteiger partial charge in [-0.05, 0) is 34.1 Å². The molecule has 0 aromatic heterocycles. The number of benzene rings is 1. The van der Waals surface area contributed by atoms with Crippen molar-refractivity contribution in [1.82, 2.24) is 5.32 Å². The number of ether oxygens (including phenoxy) is 1. The summed E-state index contributed by atoms with van der Waals surface area (Å²) in [5.41, 5.74) is 1.02. The van der Waals surface area contributed by atoms with Gasteiger partial charge >= 0.3 is 0 Å². The van der Waals surface area contributed by atoms with Gasteiger partial charge in [0.1, 0.15) is 11.3 Å². The van der Waals surface area contributed by atoms with E-state index in [1.165, 1.54) is 0 Å². The number of carbonyl (C=O) groups is 1. The smallest absolute Gasteiger partial charge is 0.251 e. The summed E-state index contributed by atoms with van der Waals surface area (Å²) in [6.07, 6.45) is 0. The summed E-state index contributed by atoms with van der Waals surface area (Å²) in [6, 6.07) is 7.01. The van der Waals surface area contributed by atoms with Crippen LogP contribution in [0.4, 0.5) is 0 Å². The zero-order chi connectivity index (χ0) is 9.68. The molecule has 0 fully saturated rings. The molecule has 1 aromatic rings. The summed E-state index contributed by atoms with van der Waals surface area (Å²) >= 11 is 3.14. The van der Waals surface area contributed by atoms with Gasteiger partial charge in [0, 0.05) is 12.6 Å². The maximum absolute atomic E-state index is 11.2. The summed E-state index contributed by atoms with van der Waals surface area (Å²) in [4.78, 5) is 11.2. The normalized spacial score (nSPS) is 9.38. The highest BCUT2D eigenvalue weighted by Gasteiger charge is 2.03. The number of rotatable bonds is 3. The minimum atomic E-state index is -0.111. The quantitative estimate of drug-likeness (QED) is 0.823. The fourth-order valence-electron chi connectivity index (χ4n) is 0.934. The van der Waals surface area contributed by atoms with Crippen molar-refractivity contribution in [2.24, 2.45) is 0 Å². The van der Waals surface area contributed by atoms with Crippen LogP contribution in [0.3, 0.4) is 0 Å². The molecule has 0 radical (unpaired) electrons. The predicted octanol–water partition coefficient (Wildman–Crippen LogP) is 1.78. The molecule has 0 bridgehead atoms. The summed E-state index contributed by atoms with van der Waals surface area (Å²) in [6.45, 7) is 0. The lowest BCUT2D eigenvalue weighted by atomic mass is 10.2. The lowest BCUT2D eigenvalue weighted by molar-refractivity contribution is 0.0962. The van der Waals surface area contributed by atoms with E-state index in [0.717, 1.165) is 0 Å². The van der Waals surface area contributed by atoms with Crippen molar-refractivity contribution in [3.05, 3.63) is 29.8 Å². The molecule has 70 valence electrons. The standard InChI is InChI=1S/C9H10BrNO2/c1-11-9(12)7-3-2-4-8(5-7)13-6-10/h2-5H,6H2,1H3,(H,11,12). The van der Waals surface area contributed by atoms with Crippen LogP contribution in [-0.2, 0) is 0 Å². The van der Waals surface area contributed by atoms with Crippen LogP contribution in [0, 0.1) is 0 Å².